The average molecular weight is 369 g/mol. The topological polar surface area (TPSA) is 104 Å². The highest BCUT2D eigenvalue weighted by Gasteiger charge is 2.72. The predicted molar refractivity (Wildman–Crippen MR) is 90.3 cm³/mol. The van der Waals surface area contributed by atoms with Gasteiger partial charge in [0, 0.05) is 19.6 Å². The van der Waals surface area contributed by atoms with E-state index in [-0.39, 0.29) is 11.6 Å². The van der Waals surface area contributed by atoms with Crippen LogP contribution in [0.4, 0.5) is 0 Å². The highest BCUT2D eigenvalue weighted by atomic mass is 16.7. The van der Waals surface area contributed by atoms with E-state index < -0.39 is 34.8 Å². The summed E-state index contributed by atoms with van der Waals surface area (Å²) in [5, 5.41) is 11.4. The maximum absolute atomic E-state index is 12.6. The van der Waals surface area contributed by atoms with Crippen LogP contribution in [0.5, 0.6) is 0 Å². The Kier molecular flexibility index (Phi) is 4.87. The van der Waals surface area contributed by atoms with E-state index in [1.54, 1.807) is 0 Å². The van der Waals surface area contributed by atoms with E-state index >= 15 is 0 Å². The third-order valence-corrected chi connectivity index (χ3v) is 6.69. The molecule has 26 heavy (non-hydrogen) atoms. The zero-order valence-electron chi connectivity index (χ0n) is 15.7. The quantitative estimate of drug-likeness (QED) is 0.571. The van der Waals surface area contributed by atoms with Gasteiger partial charge in [-0.2, -0.15) is 0 Å². The molecule has 146 valence electrons. The number of aliphatic imine (C=N–C) groups is 1. The van der Waals surface area contributed by atoms with Crippen molar-refractivity contribution in [3.05, 3.63) is 0 Å². The molecule has 0 saturated heterocycles. The molecule has 1 N–H and O–H groups in total. The smallest absolute Gasteiger partial charge is 0.361 e. The minimum atomic E-state index is -2.11. The number of ether oxygens (including phenoxy) is 4. The van der Waals surface area contributed by atoms with E-state index in [4.69, 9.17) is 18.9 Å². The monoisotopic (exact) mass is 369 g/mol. The number of methoxy groups -OCH3 is 4. The average Bonchev–Trinajstić information content (AvgIpc) is 3.08. The van der Waals surface area contributed by atoms with Crippen molar-refractivity contribution in [1.82, 2.24) is 0 Å². The van der Waals surface area contributed by atoms with E-state index in [9.17, 15) is 14.7 Å². The summed E-state index contributed by atoms with van der Waals surface area (Å²) in [5.74, 6) is -1.41. The van der Waals surface area contributed by atoms with Crippen LogP contribution in [0.1, 0.15) is 38.5 Å². The lowest BCUT2D eigenvalue weighted by Crippen LogP contribution is -2.67. The molecule has 2 fully saturated rings. The van der Waals surface area contributed by atoms with Gasteiger partial charge in [0.2, 0.25) is 0 Å². The fourth-order valence-corrected chi connectivity index (χ4v) is 5.65. The van der Waals surface area contributed by atoms with Crippen LogP contribution in [0.2, 0.25) is 0 Å². The Labute approximate surface area is 152 Å². The first-order valence-electron chi connectivity index (χ1n) is 8.90. The van der Waals surface area contributed by atoms with Crippen molar-refractivity contribution in [3.63, 3.8) is 0 Å². The molecule has 2 bridgehead atoms. The second-order valence-corrected chi connectivity index (χ2v) is 7.54. The van der Waals surface area contributed by atoms with E-state index in [1.807, 2.05) is 0 Å². The van der Waals surface area contributed by atoms with Crippen LogP contribution in [0.25, 0.3) is 0 Å². The molecule has 2 aliphatic carbocycles. The van der Waals surface area contributed by atoms with Crippen LogP contribution in [-0.4, -0.2) is 63.2 Å². The number of aliphatic hydroxyl groups is 1. The van der Waals surface area contributed by atoms with Gasteiger partial charge in [-0.3, -0.25) is 0 Å². The summed E-state index contributed by atoms with van der Waals surface area (Å²) in [6.07, 6.45) is 3.38. The first-order chi connectivity index (χ1) is 12.3. The number of fused-ring (bicyclic) bond motifs is 1. The largest absolute Gasteiger partial charge is 0.465 e. The molecule has 1 aliphatic heterocycles. The van der Waals surface area contributed by atoms with Crippen molar-refractivity contribution in [3.8, 4) is 0 Å². The standard InChI is InChI=1S/C18H27NO7/c1-23-13(20)12-16(15(25-3)26-4)9-7-11-6-5-8-17(11,10-16)18(22,19-12)14(21)24-2/h11,15,22H,5-10H2,1-4H3/t11-,16-,17+,18-/m0/s1. The van der Waals surface area contributed by atoms with Gasteiger partial charge >= 0.3 is 11.9 Å². The van der Waals surface area contributed by atoms with Gasteiger partial charge < -0.3 is 24.1 Å². The minimum Gasteiger partial charge on any atom is -0.465 e. The molecule has 0 aromatic heterocycles. The summed E-state index contributed by atoms with van der Waals surface area (Å²) in [7, 11) is 5.47. The summed E-state index contributed by atoms with van der Waals surface area (Å²) in [6, 6.07) is 0. The molecule has 0 unspecified atom stereocenters. The Hall–Kier alpha value is -1.51. The van der Waals surface area contributed by atoms with E-state index in [0.717, 1.165) is 19.3 Å². The van der Waals surface area contributed by atoms with Gasteiger partial charge in [0.25, 0.3) is 5.72 Å². The zero-order chi connectivity index (χ0) is 19.2. The number of hydrogen-bond donors (Lipinski definition) is 1. The van der Waals surface area contributed by atoms with Crippen molar-refractivity contribution in [2.75, 3.05) is 28.4 Å². The molecule has 2 saturated carbocycles. The van der Waals surface area contributed by atoms with Crippen molar-refractivity contribution in [2.45, 2.75) is 50.5 Å². The van der Waals surface area contributed by atoms with Crippen molar-refractivity contribution in [1.29, 1.82) is 0 Å². The number of carbonyl (C=O) groups is 2. The Balaban J connectivity index is 2.26. The number of hydrogen-bond acceptors (Lipinski definition) is 8. The van der Waals surface area contributed by atoms with Gasteiger partial charge in [-0.15, -0.1) is 0 Å². The van der Waals surface area contributed by atoms with Gasteiger partial charge in [-0.1, -0.05) is 6.42 Å². The fourth-order valence-electron chi connectivity index (χ4n) is 5.65. The van der Waals surface area contributed by atoms with Crippen molar-refractivity contribution < 1.29 is 33.6 Å². The lowest BCUT2D eigenvalue weighted by atomic mass is 9.50. The third-order valence-electron chi connectivity index (χ3n) is 6.69. The maximum atomic E-state index is 12.6. The lowest BCUT2D eigenvalue weighted by molar-refractivity contribution is -0.225. The molecule has 0 aromatic rings. The van der Waals surface area contributed by atoms with Gasteiger partial charge in [0.1, 0.15) is 5.71 Å². The fraction of sp³-hybridized carbons (Fsp3) is 0.833. The summed E-state index contributed by atoms with van der Waals surface area (Å²) in [4.78, 5) is 29.5. The third kappa shape index (κ3) is 2.28. The van der Waals surface area contributed by atoms with E-state index in [1.165, 1.54) is 28.4 Å². The molecule has 0 amide bonds. The number of esters is 2. The number of rotatable bonds is 5. The summed E-state index contributed by atoms with van der Waals surface area (Å²) >= 11 is 0. The van der Waals surface area contributed by atoms with Gasteiger partial charge in [0.05, 0.1) is 19.6 Å². The lowest BCUT2D eigenvalue weighted by Gasteiger charge is -2.58. The van der Waals surface area contributed by atoms with Crippen LogP contribution in [0, 0.1) is 16.7 Å². The second kappa shape index (κ2) is 6.58. The molecule has 8 heteroatoms. The Morgan fingerprint density at radius 3 is 2.38 bits per heavy atom. The van der Waals surface area contributed by atoms with Gasteiger partial charge in [0.15, 0.2) is 6.29 Å². The predicted octanol–water partition coefficient (Wildman–Crippen LogP) is 1.05. The van der Waals surface area contributed by atoms with Gasteiger partial charge in [-0.25, -0.2) is 14.6 Å². The highest BCUT2D eigenvalue weighted by Crippen LogP contribution is 2.66. The molecule has 3 aliphatic rings. The molecule has 3 rings (SSSR count). The summed E-state index contributed by atoms with van der Waals surface area (Å²) in [5.41, 5.74) is -3.80. The molecule has 1 spiro atoms. The molecule has 4 atom stereocenters. The van der Waals surface area contributed by atoms with Crippen LogP contribution >= 0.6 is 0 Å². The number of nitrogens with zero attached hydrogens (tertiary/aromatic N) is 1. The molecule has 0 radical (unpaired) electrons. The summed E-state index contributed by atoms with van der Waals surface area (Å²) < 4.78 is 20.9. The van der Waals surface area contributed by atoms with Crippen LogP contribution < -0.4 is 0 Å². The Morgan fingerprint density at radius 2 is 1.81 bits per heavy atom. The number of carbonyl (C=O) groups excluding carboxylic acids is 2. The van der Waals surface area contributed by atoms with Crippen LogP contribution in [0.15, 0.2) is 4.99 Å². The van der Waals surface area contributed by atoms with Gasteiger partial charge in [-0.05, 0) is 38.0 Å². The Bertz CT molecular complexity index is 631. The normalized spacial score (nSPS) is 38.5. The minimum absolute atomic E-state index is 0.0161. The summed E-state index contributed by atoms with van der Waals surface area (Å²) in [6.45, 7) is 0. The molecule has 8 nitrogen and oxygen atoms in total. The first kappa shape index (κ1) is 19.3. The molecule has 0 aromatic carbocycles. The molecular formula is C18H27NO7. The SMILES string of the molecule is COC(=O)C1=N[C@](O)(C(=O)OC)[C@@]23CCC[C@H]2CC[C@]1(C(OC)OC)C3. The highest BCUT2D eigenvalue weighted by molar-refractivity contribution is 6.39. The maximum Gasteiger partial charge on any atom is 0.361 e. The van der Waals surface area contributed by atoms with Crippen molar-refractivity contribution >= 4 is 17.7 Å². The van der Waals surface area contributed by atoms with Crippen LogP contribution in [0.3, 0.4) is 0 Å². The Morgan fingerprint density at radius 1 is 1.12 bits per heavy atom. The van der Waals surface area contributed by atoms with E-state index in [0.29, 0.717) is 19.3 Å². The molecule has 1 heterocycles. The van der Waals surface area contributed by atoms with Crippen molar-refractivity contribution in [2.24, 2.45) is 21.7 Å². The van der Waals surface area contributed by atoms with Crippen LogP contribution in [-0.2, 0) is 28.5 Å². The second-order valence-electron chi connectivity index (χ2n) is 7.54. The first-order valence-corrected chi connectivity index (χ1v) is 8.90. The van der Waals surface area contributed by atoms with E-state index in [2.05, 4.69) is 4.99 Å². The molecular weight excluding hydrogens is 342 g/mol. The zero-order valence-corrected chi connectivity index (χ0v) is 15.7.